The molecule has 94 valence electrons. The van der Waals surface area contributed by atoms with E-state index in [1.54, 1.807) is 7.11 Å². The standard InChI is InChI=1S/C12H24N2O2/c1-16-11-3-2-6-14(7-11)9-12(15,8-13)10-4-5-10/h10-11,15H,2-9,13H2,1H3. The normalized spacial score (nSPS) is 31.3. The zero-order valence-corrected chi connectivity index (χ0v) is 10.2. The highest BCUT2D eigenvalue weighted by atomic mass is 16.5. The van der Waals surface area contributed by atoms with Crippen molar-refractivity contribution in [2.75, 3.05) is 33.3 Å². The summed E-state index contributed by atoms with van der Waals surface area (Å²) in [6, 6.07) is 0. The second kappa shape index (κ2) is 5.00. The first-order valence-corrected chi connectivity index (χ1v) is 6.35. The van der Waals surface area contributed by atoms with Crippen LogP contribution in [0.4, 0.5) is 0 Å². The summed E-state index contributed by atoms with van der Waals surface area (Å²) in [7, 11) is 1.77. The minimum atomic E-state index is -0.657. The fourth-order valence-electron chi connectivity index (χ4n) is 2.72. The van der Waals surface area contributed by atoms with E-state index >= 15 is 0 Å². The van der Waals surface area contributed by atoms with Crippen LogP contribution in [0.1, 0.15) is 25.7 Å². The van der Waals surface area contributed by atoms with Crippen molar-refractivity contribution in [3.05, 3.63) is 0 Å². The number of rotatable bonds is 5. The van der Waals surface area contributed by atoms with Crippen molar-refractivity contribution < 1.29 is 9.84 Å². The number of aliphatic hydroxyl groups is 1. The summed E-state index contributed by atoms with van der Waals surface area (Å²) in [5, 5.41) is 10.5. The average Bonchev–Trinajstić information content (AvgIpc) is 3.13. The van der Waals surface area contributed by atoms with Gasteiger partial charge < -0.3 is 15.6 Å². The summed E-state index contributed by atoms with van der Waals surface area (Å²) < 4.78 is 5.39. The lowest BCUT2D eigenvalue weighted by Crippen LogP contribution is -2.53. The molecule has 0 radical (unpaired) electrons. The van der Waals surface area contributed by atoms with Gasteiger partial charge in [-0.2, -0.15) is 0 Å². The molecule has 0 aromatic rings. The summed E-state index contributed by atoms with van der Waals surface area (Å²) in [5.74, 6) is 0.431. The van der Waals surface area contributed by atoms with E-state index < -0.39 is 5.60 Å². The number of nitrogens with zero attached hydrogens (tertiary/aromatic N) is 1. The molecule has 0 amide bonds. The lowest BCUT2D eigenvalue weighted by atomic mass is 9.95. The van der Waals surface area contributed by atoms with Gasteiger partial charge in [-0.3, -0.25) is 4.90 Å². The van der Waals surface area contributed by atoms with E-state index in [1.807, 2.05) is 0 Å². The van der Waals surface area contributed by atoms with E-state index in [4.69, 9.17) is 10.5 Å². The Morgan fingerprint density at radius 2 is 2.19 bits per heavy atom. The van der Waals surface area contributed by atoms with Crippen molar-refractivity contribution in [1.29, 1.82) is 0 Å². The highest BCUT2D eigenvalue weighted by Gasteiger charge is 2.44. The minimum absolute atomic E-state index is 0.329. The van der Waals surface area contributed by atoms with Crippen LogP contribution in [0.3, 0.4) is 0 Å². The summed E-state index contributed by atoms with van der Waals surface area (Å²) in [5.41, 5.74) is 5.07. The first kappa shape index (κ1) is 12.3. The Bertz CT molecular complexity index is 233. The van der Waals surface area contributed by atoms with E-state index in [-0.39, 0.29) is 0 Å². The Labute approximate surface area is 97.7 Å². The van der Waals surface area contributed by atoms with Gasteiger partial charge in [0.2, 0.25) is 0 Å². The molecule has 1 aliphatic carbocycles. The fraction of sp³-hybridized carbons (Fsp3) is 1.00. The summed E-state index contributed by atoms with van der Waals surface area (Å²) >= 11 is 0. The maximum atomic E-state index is 10.5. The fourth-order valence-corrected chi connectivity index (χ4v) is 2.72. The summed E-state index contributed by atoms with van der Waals surface area (Å²) in [4.78, 5) is 2.31. The number of hydrogen-bond donors (Lipinski definition) is 2. The van der Waals surface area contributed by atoms with Gasteiger partial charge in [0, 0.05) is 26.7 Å². The zero-order chi connectivity index (χ0) is 11.6. The predicted octanol–water partition coefficient (Wildman–Crippen LogP) is 0.197. The van der Waals surface area contributed by atoms with Gasteiger partial charge in [0.1, 0.15) is 0 Å². The number of ether oxygens (including phenoxy) is 1. The Balaban J connectivity index is 1.87. The Hall–Kier alpha value is -0.160. The van der Waals surface area contributed by atoms with Gasteiger partial charge in [0.25, 0.3) is 0 Å². The third-order valence-corrected chi connectivity index (χ3v) is 3.98. The predicted molar refractivity (Wildman–Crippen MR) is 63.2 cm³/mol. The van der Waals surface area contributed by atoms with E-state index in [2.05, 4.69) is 4.90 Å². The summed E-state index contributed by atoms with van der Waals surface area (Å²) in [6.45, 7) is 3.10. The molecule has 1 aliphatic heterocycles. The van der Waals surface area contributed by atoms with Crippen molar-refractivity contribution in [1.82, 2.24) is 4.90 Å². The largest absolute Gasteiger partial charge is 0.387 e. The van der Waals surface area contributed by atoms with E-state index in [9.17, 15) is 5.11 Å². The molecule has 1 saturated carbocycles. The van der Waals surface area contributed by atoms with E-state index in [0.29, 0.717) is 25.1 Å². The number of likely N-dealkylation sites (tertiary alicyclic amines) is 1. The lowest BCUT2D eigenvalue weighted by Gasteiger charge is -2.38. The first-order chi connectivity index (χ1) is 7.68. The monoisotopic (exact) mass is 228 g/mol. The third-order valence-electron chi connectivity index (χ3n) is 3.98. The number of hydrogen-bond acceptors (Lipinski definition) is 4. The van der Waals surface area contributed by atoms with Gasteiger partial charge in [-0.1, -0.05) is 0 Å². The molecular formula is C12H24N2O2. The number of methoxy groups -OCH3 is 1. The van der Waals surface area contributed by atoms with Gasteiger partial charge in [-0.15, -0.1) is 0 Å². The Morgan fingerprint density at radius 1 is 1.44 bits per heavy atom. The average molecular weight is 228 g/mol. The van der Waals surface area contributed by atoms with E-state index in [1.165, 1.54) is 0 Å². The van der Waals surface area contributed by atoms with Gasteiger partial charge >= 0.3 is 0 Å². The lowest BCUT2D eigenvalue weighted by molar-refractivity contribution is -0.0370. The quantitative estimate of drug-likeness (QED) is 0.705. The van der Waals surface area contributed by atoms with Crippen molar-refractivity contribution in [2.24, 2.45) is 11.7 Å². The molecule has 0 aromatic heterocycles. The molecule has 2 aliphatic rings. The number of nitrogens with two attached hydrogens (primary N) is 1. The minimum Gasteiger partial charge on any atom is -0.387 e. The second-order valence-corrected chi connectivity index (χ2v) is 5.32. The van der Waals surface area contributed by atoms with Crippen LogP contribution < -0.4 is 5.73 Å². The van der Waals surface area contributed by atoms with Gasteiger partial charge in [-0.05, 0) is 38.1 Å². The topological polar surface area (TPSA) is 58.7 Å². The van der Waals surface area contributed by atoms with Crippen LogP contribution in [0.25, 0.3) is 0 Å². The molecule has 4 nitrogen and oxygen atoms in total. The SMILES string of the molecule is COC1CCCN(CC(O)(CN)C2CC2)C1. The van der Waals surface area contributed by atoms with Crippen molar-refractivity contribution in [3.63, 3.8) is 0 Å². The molecule has 3 N–H and O–H groups in total. The molecular weight excluding hydrogens is 204 g/mol. The van der Waals surface area contributed by atoms with Crippen LogP contribution in [-0.4, -0.2) is 55.0 Å². The van der Waals surface area contributed by atoms with Crippen LogP contribution in [0.15, 0.2) is 0 Å². The molecule has 1 saturated heterocycles. The number of β-amino-alcohol motifs (C(OH)–C–C–N with tert-alkyl or cyclic N) is 1. The molecule has 0 bridgehead atoms. The van der Waals surface area contributed by atoms with E-state index in [0.717, 1.165) is 38.8 Å². The van der Waals surface area contributed by atoms with Crippen molar-refractivity contribution >= 4 is 0 Å². The third kappa shape index (κ3) is 2.74. The summed E-state index contributed by atoms with van der Waals surface area (Å²) in [6.07, 6.45) is 4.89. The molecule has 4 heteroatoms. The van der Waals surface area contributed by atoms with Crippen LogP contribution in [0.2, 0.25) is 0 Å². The van der Waals surface area contributed by atoms with Crippen LogP contribution in [0.5, 0.6) is 0 Å². The maximum Gasteiger partial charge on any atom is 0.0923 e. The molecule has 0 aromatic carbocycles. The van der Waals surface area contributed by atoms with Crippen LogP contribution in [0, 0.1) is 5.92 Å². The molecule has 1 heterocycles. The molecule has 16 heavy (non-hydrogen) atoms. The highest BCUT2D eigenvalue weighted by Crippen LogP contribution is 2.39. The molecule has 0 spiro atoms. The van der Waals surface area contributed by atoms with Gasteiger partial charge in [0.15, 0.2) is 0 Å². The van der Waals surface area contributed by atoms with Gasteiger partial charge in [0.05, 0.1) is 11.7 Å². The molecule has 2 atom stereocenters. The van der Waals surface area contributed by atoms with Crippen LogP contribution in [-0.2, 0) is 4.74 Å². The van der Waals surface area contributed by atoms with Crippen molar-refractivity contribution in [3.8, 4) is 0 Å². The van der Waals surface area contributed by atoms with Crippen molar-refractivity contribution in [2.45, 2.75) is 37.4 Å². The number of piperidine rings is 1. The molecule has 2 rings (SSSR count). The first-order valence-electron chi connectivity index (χ1n) is 6.35. The highest BCUT2D eigenvalue weighted by molar-refractivity contribution is 4.98. The Kier molecular flexibility index (Phi) is 3.85. The van der Waals surface area contributed by atoms with Crippen LogP contribution >= 0.6 is 0 Å². The van der Waals surface area contributed by atoms with Gasteiger partial charge in [-0.25, -0.2) is 0 Å². The Morgan fingerprint density at radius 3 is 2.75 bits per heavy atom. The smallest absolute Gasteiger partial charge is 0.0923 e. The molecule has 2 unspecified atom stereocenters. The molecule has 2 fully saturated rings. The second-order valence-electron chi connectivity index (χ2n) is 5.32. The maximum absolute atomic E-state index is 10.5. The zero-order valence-electron chi connectivity index (χ0n) is 10.2.